The number of hydrogen-bond donors (Lipinski definition) is 3. The average molecular weight is 693 g/mol. The summed E-state index contributed by atoms with van der Waals surface area (Å²) in [7, 11) is -3.97. The number of piperidine rings is 1. The van der Waals surface area contributed by atoms with Gasteiger partial charge in [-0.05, 0) is 76.9 Å². The Labute approximate surface area is 280 Å². The average Bonchev–Trinajstić information content (AvgIpc) is 3.42. The van der Waals surface area contributed by atoms with E-state index < -0.39 is 28.1 Å². The van der Waals surface area contributed by atoms with Crippen molar-refractivity contribution in [1.82, 2.24) is 14.9 Å². The first-order chi connectivity index (χ1) is 21.3. The Bertz CT molecular complexity index is 1600. The molecule has 0 bridgehead atoms. The maximum atomic E-state index is 12.6. The van der Waals surface area contributed by atoms with E-state index in [0.717, 1.165) is 11.1 Å². The lowest BCUT2D eigenvalue weighted by Crippen LogP contribution is -2.44. The van der Waals surface area contributed by atoms with Crippen LogP contribution < -0.4 is 19.5 Å². The van der Waals surface area contributed by atoms with Crippen LogP contribution in [0.3, 0.4) is 0 Å². The van der Waals surface area contributed by atoms with Gasteiger partial charge < -0.3 is 24.8 Å². The molecule has 5 rings (SSSR count). The Balaban J connectivity index is 0.00000480. The zero-order valence-electron chi connectivity index (χ0n) is 25.8. The van der Waals surface area contributed by atoms with Crippen LogP contribution in [0.2, 0.25) is 5.02 Å². The second kappa shape index (κ2) is 14.5. The number of nitrogens with one attached hydrogen (secondary N) is 2. The Morgan fingerprint density at radius 3 is 2.11 bits per heavy atom. The molecule has 2 fully saturated rings. The van der Waals surface area contributed by atoms with Gasteiger partial charge in [-0.3, -0.25) is 0 Å². The third-order valence-corrected chi connectivity index (χ3v) is 9.78. The quantitative estimate of drug-likeness (QED) is 0.223. The smallest absolute Gasteiger partial charge is 0.345 e. The number of likely N-dealkylation sites (tertiary alicyclic amines) is 1. The molecule has 1 aliphatic carbocycles. The van der Waals surface area contributed by atoms with Crippen LogP contribution in [0.15, 0.2) is 77.7 Å². The highest BCUT2D eigenvalue weighted by atomic mass is 35.5. The molecule has 3 aromatic rings. The number of aliphatic carboxylic acids is 1. The van der Waals surface area contributed by atoms with Crippen molar-refractivity contribution in [1.29, 1.82) is 0 Å². The summed E-state index contributed by atoms with van der Waals surface area (Å²) in [5, 5.41) is 13.6. The van der Waals surface area contributed by atoms with Gasteiger partial charge in [0.2, 0.25) is 0 Å². The van der Waals surface area contributed by atoms with Crippen LogP contribution >= 0.6 is 24.0 Å². The monoisotopic (exact) mass is 691 g/mol. The molecule has 248 valence electrons. The van der Waals surface area contributed by atoms with Crippen molar-refractivity contribution in [2.75, 3.05) is 26.2 Å². The molecule has 4 atom stereocenters. The maximum absolute atomic E-state index is 12.6. The van der Waals surface area contributed by atoms with Crippen molar-refractivity contribution in [3.8, 4) is 11.5 Å². The van der Waals surface area contributed by atoms with E-state index in [2.05, 4.69) is 30.8 Å². The van der Waals surface area contributed by atoms with Crippen molar-refractivity contribution < 1.29 is 32.6 Å². The minimum Gasteiger partial charge on any atom is -0.492 e. The van der Waals surface area contributed by atoms with Crippen LogP contribution in [0.1, 0.15) is 31.9 Å². The fraction of sp³-hybridized carbons (Fsp3) is 0.394. The molecule has 1 unspecified atom stereocenters. The molecule has 1 saturated heterocycles. The van der Waals surface area contributed by atoms with Gasteiger partial charge in [-0.15, -0.1) is 12.4 Å². The van der Waals surface area contributed by atoms with Gasteiger partial charge in [-0.25, -0.2) is 22.7 Å². The number of amides is 2. The minimum absolute atomic E-state index is 0. The molecule has 3 N–H and O–H groups in total. The number of nitrogens with zero attached hydrogens (tertiary/aromatic N) is 1. The lowest BCUT2D eigenvalue weighted by molar-refractivity contribution is -0.145. The summed E-state index contributed by atoms with van der Waals surface area (Å²) in [5.41, 5.74) is 1.96. The summed E-state index contributed by atoms with van der Waals surface area (Å²) in [6.45, 7) is 8.36. The molecule has 1 aliphatic heterocycles. The number of urea groups is 1. The minimum atomic E-state index is -3.97. The third kappa shape index (κ3) is 8.85. The fourth-order valence-electron chi connectivity index (χ4n) is 5.55. The van der Waals surface area contributed by atoms with E-state index in [-0.39, 0.29) is 47.0 Å². The number of benzene rings is 3. The molecule has 10 nitrogen and oxygen atoms in total. The van der Waals surface area contributed by atoms with Gasteiger partial charge >= 0.3 is 12.0 Å². The van der Waals surface area contributed by atoms with E-state index in [4.69, 9.17) is 21.1 Å². The Morgan fingerprint density at radius 2 is 1.54 bits per heavy atom. The van der Waals surface area contributed by atoms with Crippen LogP contribution in [-0.4, -0.2) is 68.8 Å². The molecule has 1 saturated carbocycles. The van der Waals surface area contributed by atoms with E-state index in [1.165, 1.54) is 29.2 Å². The number of sulfonamides is 1. The van der Waals surface area contributed by atoms with Crippen molar-refractivity contribution in [2.24, 2.45) is 11.8 Å². The van der Waals surface area contributed by atoms with Gasteiger partial charge in [0, 0.05) is 37.1 Å². The van der Waals surface area contributed by atoms with Gasteiger partial charge in [0.1, 0.15) is 18.1 Å². The number of fused-ring (bicyclic) bond motifs is 1. The Hall–Kier alpha value is -3.51. The summed E-state index contributed by atoms with van der Waals surface area (Å²) in [4.78, 5) is 25.9. The van der Waals surface area contributed by atoms with Gasteiger partial charge in [-0.2, -0.15) is 0 Å². The molecule has 46 heavy (non-hydrogen) atoms. The summed E-state index contributed by atoms with van der Waals surface area (Å²) in [6, 6.07) is 20.1. The number of carboxylic acids is 1. The van der Waals surface area contributed by atoms with Crippen molar-refractivity contribution in [3.63, 3.8) is 0 Å². The van der Waals surface area contributed by atoms with Gasteiger partial charge in [-0.1, -0.05) is 56.6 Å². The first-order valence-electron chi connectivity index (χ1n) is 14.8. The number of ether oxygens (including phenoxy) is 2. The normalized spacial score (nSPS) is 19.4. The molecule has 0 aromatic heterocycles. The maximum Gasteiger partial charge on any atom is 0.345 e. The molecule has 1 heterocycles. The van der Waals surface area contributed by atoms with Crippen molar-refractivity contribution in [3.05, 3.63) is 88.9 Å². The molecular weight excluding hydrogens is 653 g/mol. The lowest BCUT2D eigenvalue weighted by Gasteiger charge is -2.21. The van der Waals surface area contributed by atoms with Gasteiger partial charge in [0.25, 0.3) is 10.0 Å². The number of halogens is 2. The fourth-order valence-corrected chi connectivity index (χ4v) is 6.65. The summed E-state index contributed by atoms with van der Waals surface area (Å²) in [5.74, 6) is 0.702. The van der Waals surface area contributed by atoms with Crippen LogP contribution in [-0.2, 0) is 26.7 Å². The number of rotatable bonds is 12. The zero-order valence-corrected chi connectivity index (χ0v) is 28.2. The van der Waals surface area contributed by atoms with E-state index in [9.17, 15) is 23.1 Å². The summed E-state index contributed by atoms with van der Waals surface area (Å²) < 4.78 is 38.8. The van der Waals surface area contributed by atoms with Crippen LogP contribution in [0, 0.1) is 11.8 Å². The second-order valence-electron chi connectivity index (χ2n) is 12.5. The first kappa shape index (κ1) is 35.3. The molecule has 0 spiro atoms. The topological polar surface area (TPSA) is 134 Å². The van der Waals surface area contributed by atoms with Gasteiger partial charge in [0.05, 0.1) is 4.90 Å². The van der Waals surface area contributed by atoms with E-state index in [1.54, 1.807) is 12.1 Å². The zero-order chi connectivity index (χ0) is 32.4. The summed E-state index contributed by atoms with van der Waals surface area (Å²) in [6.07, 6.45) is -0.806. The van der Waals surface area contributed by atoms with Gasteiger partial charge in [0.15, 0.2) is 6.10 Å². The number of carboxylic acid groups (broad SMARTS) is 1. The number of carbonyl (C=O) groups excluding carboxylic acids is 1. The first-order valence-corrected chi connectivity index (χ1v) is 16.7. The van der Waals surface area contributed by atoms with Crippen LogP contribution in [0.5, 0.6) is 11.5 Å². The van der Waals surface area contributed by atoms with Crippen molar-refractivity contribution >= 4 is 46.0 Å². The predicted octanol–water partition coefficient (Wildman–Crippen LogP) is 5.13. The van der Waals surface area contributed by atoms with E-state index in [1.807, 2.05) is 36.4 Å². The highest BCUT2D eigenvalue weighted by Gasteiger charge is 2.56. The van der Waals surface area contributed by atoms with E-state index >= 15 is 0 Å². The highest BCUT2D eigenvalue weighted by Crippen LogP contribution is 2.45. The molecule has 2 aliphatic rings. The van der Waals surface area contributed by atoms with E-state index in [0.29, 0.717) is 42.8 Å². The molecule has 2 amide bonds. The number of hydrogen-bond acceptors (Lipinski definition) is 7. The summed E-state index contributed by atoms with van der Waals surface area (Å²) >= 11 is 5.82. The van der Waals surface area contributed by atoms with Crippen LogP contribution in [0.25, 0.3) is 0 Å². The predicted molar refractivity (Wildman–Crippen MR) is 178 cm³/mol. The molecule has 3 aromatic carbocycles. The van der Waals surface area contributed by atoms with Crippen molar-refractivity contribution in [2.45, 2.75) is 49.6 Å². The van der Waals surface area contributed by atoms with Crippen LogP contribution in [0.4, 0.5) is 4.79 Å². The Kier molecular flexibility index (Phi) is 11.1. The molecular formula is C33H39Cl2N3O7S. The third-order valence-electron chi connectivity index (χ3n) is 8.20. The second-order valence-corrected chi connectivity index (χ2v) is 14.6. The standard InChI is InChI=1S/C33H38ClN3O7S.ClH/c1-33(2,3)22-6-12-25(13-7-22)44-29(31(38)39)18-21-4-10-24(11-5-21)43-17-16-35-30-27-19-37(20-28(27)30)32(40)36-45(41,42)26-14-8-23(34)9-15-26;/h4-15,27-30,35H,16-20H2,1-3H3,(H,36,40)(H,38,39);1H/t27-,28?,29-,30+;/m0./s1. The molecule has 0 radical (unpaired) electrons. The Morgan fingerprint density at radius 1 is 0.957 bits per heavy atom. The number of carbonyl (C=O) groups is 2. The largest absolute Gasteiger partial charge is 0.492 e. The lowest BCUT2D eigenvalue weighted by atomic mass is 9.87. The molecule has 13 heteroatoms. The highest BCUT2D eigenvalue weighted by molar-refractivity contribution is 7.90. The SMILES string of the molecule is CC(C)(C)c1ccc(O[C@@H](Cc2ccc(OCCN[C@H]3C4CN(C(=O)NS(=O)(=O)c5ccc(Cl)cc5)C[C@@H]43)cc2)C(=O)O)cc1.Cl.